The molecule has 2 aromatic rings. The number of carboxylic acid groups (broad SMARTS) is 1. The Morgan fingerprint density at radius 3 is 2.11 bits per heavy atom. The van der Waals surface area contributed by atoms with Crippen molar-refractivity contribution in [1.29, 1.82) is 0 Å². The Hall–Kier alpha value is -7.99. The Bertz CT molecular complexity index is 2860. The van der Waals surface area contributed by atoms with Gasteiger partial charge in [-0.3, -0.25) is 48.2 Å². The number of ether oxygens (including phenoxy) is 3. The van der Waals surface area contributed by atoms with E-state index in [1.165, 1.54) is 34.1 Å². The molecular formula is C64H87FN8O15. The van der Waals surface area contributed by atoms with E-state index in [9.17, 15) is 58.2 Å². The molecule has 0 aliphatic carbocycles. The Labute approximate surface area is 513 Å². The van der Waals surface area contributed by atoms with Gasteiger partial charge in [0.25, 0.3) is 11.8 Å². The second-order valence-corrected chi connectivity index (χ2v) is 23.8. The smallest absolute Gasteiger partial charge is 0.410 e. The average molecular weight is 1230 g/mol. The predicted molar refractivity (Wildman–Crippen MR) is 324 cm³/mol. The van der Waals surface area contributed by atoms with Gasteiger partial charge in [-0.25, -0.2) is 14.0 Å². The predicted octanol–water partition coefficient (Wildman–Crippen LogP) is 6.37. The lowest BCUT2D eigenvalue weighted by Gasteiger charge is -2.35. The van der Waals surface area contributed by atoms with Gasteiger partial charge in [-0.2, -0.15) is 0 Å². The molecule has 2 fully saturated rings. The maximum atomic E-state index is 15.1. The molecule has 2 saturated heterocycles. The number of benzene rings is 2. The second kappa shape index (κ2) is 33.9. The van der Waals surface area contributed by atoms with Crippen molar-refractivity contribution in [1.82, 2.24) is 24.9 Å². The Morgan fingerprint density at radius 2 is 1.47 bits per heavy atom. The molecule has 2 aromatic carbocycles. The zero-order valence-electron chi connectivity index (χ0n) is 51.2. The van der Waals surface area contributed by atoms with Crippen molar-refractivity contribution in [3.05, 3.63) is 89.3 Å². The monoisotopic (exact) mass is 1230 g/mol. The van der Waals surface area contributed by atoms with Crippen LogP contribution in [0.15, 0.2) is 72.3 Å². The van der Waals surface area contributed by atoms with Crippen molar-refractivity contribution in [2.75, 3.05) is 75.7 Å². The molecule has 4 aliphatic rings. The van der Waals surface area contributed by atoms with Crippen LogP contribution in [-0.2, 0) is 59.2 Å². The lowest BCUT2D eigenvalue weighted by Crippen LogP contribution is -2.51. The molecule has 4 aliphatic heterocycles. The number of nitrogens with two attached hydrogens (primary N) is 1. The number of Topliss-reactive ketones (excluding diaryl/α,β-unsaturated/α-hetero) is 1. The number of rotatable bonds is 26. The lowest BCUT2D eigenvalue weighted by atomic mass is 9.88. The number of unbranched alkanes of at least 4 members (excludes halogenated alkanes) is 3. The molecular weight excluding hydrogens is 1140 g/mol. The van der Waals surface area contributed by atoms with Crippen LogP contribution in [0.1, 0.15) is 123 Å². The van der Waals surface area contributed by atoms with Crippen LogP contribution >= 0.6 is 0 Å². The molecule has 480 valence electrons. The summed E-state index contributed by atoms with van der Waals surface area (Å²) < 4.78 is 32.8. The number of hydrogen-bond acceptors (Lipinski definition) is 16. The van der Waals surface area contributed by atoms with E-state index in [2.05, 4.69) is 10.6 Å². The van der Waals surface area contributed by atoms with Gasteiger partial charge in [-0.15, -0.1) is 0 Å². The minimum absolute atomic E-state index is 0.0347. The van der Waals surface area contributed by atoms with Gasteiger partial charge in [-0.1, -0.05) is 64.8 Å². The molecule has 0 saturated carbocycles. The summed E-state index contributed by atoms with van der Waals surface area (Å²) in [6, 6.07) is 10.2. The highest BCUT2D eigenvalue weighted by molar-refractivity contribution is 6.12. The van der Waals surface area contributed by atoms with Crippen LogP contribution in [0, 0.1) is 29.5 Å². The van der Waals surface area contributed by atoms with E-state index in [4.69, 9.17) is 19.9 Å². The molecule has 4 heterocycles. The Balaban J connectivity index is 0.981. The first-order valence-corrected chi connectivity index (χ1v) is 30.6. The number of hydrogen-bond donors (Lipinski definition) is 5. The third-order valence-electron chi connectivity index (χ3n) is 16.3. The molecule has 88 heavy (non-hydrogen) atoms. The van der Waals surface area contributed by atoms with E-state index < -0.39 is 83.9 Å². The largest absolute Gasteiger partial charge is 0.480 e. The SMILES string of the molecule is C/C(=C\c1cc(F)cc(N2CCN(CC(=O)O)CC2)c1)[C@H]1OC(=O)C[C@H](O)CC[C@H](C)[C@@H](OC(=O)N2CCN(C(=O)OCc3ccc(NC(=O)[C@H](CCCCC(N)=O)NC(=O)[C@@H](CC(=O)CCCCCN4C(=O)C=CC4=O)C(C)C)cc3)CC2)/C=C/[C@@H]1C. The zero-order valence-corrected chi connectivity index (χ0v) is 51.2. The first kappa shape index (κ1) is 69.1. The number of cyclic esters (lactones) is 1. The number of piperazine rings is 2. The van der Waals surface area contributed by atoms with E-state index in [0.717, 1.165) is 4.90 Å². The van der Waals surface area contributed by atoms with E-state index >= 15 is 4.39 Å². The van der Waals surface area contributed by atoms with Gasteiger partial charge in [0, 0.05) is 114 Å². The minimum atomic E-state index is -1.02. The summed E-state index contributed by atoms with van der Waals surface area (Å²) in [5.41, 5.74) is 8.13. The minimum Gasteiger partial charge on any atom is -0.480 e. The fourth-order valence-electron chi connectivity index (χ4n) is 11.0. The summed E-state index contributed by atoms with van der Waals surface area (Å²) in [4.78, 5) is 135. The lowest BCUT2D eigenvalue weighted by molar-refractivity contribution is -0.151. The normalized spacial score (nSPS) is 21.6. The molecule has 0 bridgehead atoms. The van der Waals surface area contributed by atoms with Gasteiger partial charge in [0.1, 0.15) is 36.5 Å². The van der Waals surface area contributed by atoms with Crippen molar-refractivity contribution in [2.24, 2.45) is 29.4 Å². The highest BCUT2D eigenvalue weighted by Crippen LogP contribution is 2.29. The number of carbonyl (C=O) groups excluding carboxylic acids is 9. The average Bonchev–Trinajstić information content (AvgIpc) is 3.98. The number of amides is 7. The summed E-state index contributed by atoms with van der Waals surface area (Å²) >= 11 is 0. The number of halogens is 1. The van der Waals surface area contributed by atoms with Crippen molar-refractivity contribution in [3.8, 4) is 0 Å². The summed E-state index contributed by atoms with van der Waals surface area (Å²) in [7, 11) is 0. The number of esters is 1. The summed E-state index contributed by atoms with van der Waals surface area (Å²) in [6.45, 7) is 11.9. The van der Waals surface area contributed by atoms with Crippen LogP contribution in [0.2, 0.25) is 0 Å². The molecule has 7 amide bonds. The molecule has 6 rings (SSSR count). The van der Waals surface area contributed by atoms with Crippen molar-refractivity contribution in [3.63, 3.8) is 0 Å². The van der Waals surface area contributed by atoms with E-state index in [0.29, 0.717) is 92.8 Å². The van der Waals surface area contributed by atoms with Crippen LogP contribution in [-0.4, -0.2) is 179 Å². The number of carboxylic acids is 1. The number of aliphatic carboxylic acids is 1. The van der Waals surface area contributed by atoms with Crippen LogP contribution in [0.3, 0.4) is 0 Å². The van der Waals surface area contributed by atoms with Crippen LogP contribution in [0.4, 0.5) is 25.4 Å². The highest BCUT2D eigenvalue weighted by Gasteiger charge is 2.33. The molecule has 0 spiro atoms. The maximum absolute atomic E-state index is 15.1. The molecule has 0 unspecified atom stereocenters. The van der Waals surface area contributed by atoms with E-state index in [-0.39, 0.29) is 114 Å². The zero-order chi connectivity index (χ0) is 64.0. The summed E-state index contributed by atoms with van der Waals surface area (Å²) in [5, 5.41) is 25.8. The standard InChI is InChI=1S/C64H87FN8O15/c1-41(2)52(37-50(74)11-7-6-10-24-73-56(77)22-23-57(73)78)61(82)68-53(12-8-9-13-55(66)76)62(83)67-48-18-16-45(17-19-48)40-86-63(84)71-29-31-72(32-30-71)64(85)87-54-21-15-43(4)60(88-59(81)38-51(75)20-14-42(54)3)44(5)33-46-34-47(65)36-49(35-46)70-27-25-69(26-28-70)39-58(79)80/h15-19,21-23,33-36,41-43,51-54,60,75H,6-14,20,24-32,37-40H2,1-5H3,(H2,66,76)(H,67,83)(H,68,82)(H,79,80)/b21-15+,44-33+/t42-,43-,51+,52-,53-,54-,60-/m0/s1. The number of carbonyl (C=O) groups is 10. The van der Waals surface area contributed by atoms with Gasteiger partial charge in [0.15, 0.2) is 0 Å². The van der Waals surface area contributed by atoms with Gasteiger partial charge in [-0.05, 0) is 110 Å². The van der Waals surface area contributed by atoms with Gasteiger partial charge < -0.3 is 55.5 Å². The van der Waals surface area contributed by atoms with Gasteiger partial charge in [0.05, 0.1) is 19.1 Å². The fraction of sp³-hybridized carbons (Fsp3) is 0.562. The van der Waals surface area contributed by atoms with Crippen LogP contribution < -0.4 is 21.3 Å². The fourth-order valence-corrected chi connectivity index (χ4v) is 11.0. The highest BCUT2D eigenvalue weighted by atomic mass is 19.1. The quantitative estimate of drug-likeness (QED) is 0.0225. The molecule has 6 N–H and O–H groups in total. The number of nitrogens with one attached hydrogen (secondary N) is 2. The van der Waals surface area contributed by atoms with E-state index in [1.54, 1.807) is 43.3 Å². The molecule has 23 nitrogen and oxygen atoms in total. The van der Waals surface area contributed by atoms with Crippen LogP contribution in [0.25, 0.3) is 6.08 Å². The molecule has 24 heteroatoms. The molecule has 7 atom stereocenters. The number of aliphatic hydroxyl groups excluding tert-OH is 1. The maximum Gasteiger partial charge on any atom is 0.410 e. The third-order valence-corrected chi connectivity index (χ3v) is 16.3. The topological polar surface area (TPSA) is 305 Å². The van der Waals surface area contributed by atoms with E-state index in [1.807, 2.05) is 49.6 Å². The van der Waals surface area contributed by atoms with Crippen molar-refractivity contribution in [2.45, 2.75) is 143 Å². The molecule has 0 aromatic heterocycles. The second-order valence-electron chi connectivity index (χ2n) is 23.8. The van der Waals surface area contributed by atoms with Gasteiger partial charge >= 0.3 is 24.1 Å². The van der Waals surface area contributed by atoms with Crippen molar-refractivity contribution < 1.29 is 76.8 Å². The number of ketones is 1. The number of anilines is 2. The number of aliphatic hydroxyl groups is 1. The first-order valence-electron chi connectivity index (χ1n) is 30.6. The Kier molecular flexibility index (Phi) is 26.7. The third kappa shape index (κ3) is 22.0. The molecule has 0 radical (unpaired) electrons. The van der Waals surface area contributed by atoms with Crippen LogP contribution in [0.5, 0.6) is 0 Å². The van der Waals surface area contributed by atoms with Crippen molar-refractivity contribution >= 4 is 76.9 Å². The first-order chi connectivity index (χ1) is 41.9. The summed E-state index contributed by atoms with van der Waals surface area (Å²) in [5.74, 6) is -5.94. The number of primary amides is 1. The van der Waals surface area contributed by atoms with Gasteiger partial charge in [0.2, 0.25) is 17.7 Å². The number of imide groups is 1. The Morgan fingerprint density at radius 1 is 0.807 bits per heavy atom. The number of nitrogens with zero attached hydrogens (tertiary/aromatic N) is 5. The summed E-state index contributed by atoms with van der Waals surface area (Å²) in [6.07, 6.45) is 7.37.